The van der Waals surface area contributed by atoms with Crippen LogP contribution >= 0.6 is 7.37 Å². The van der Waals surface area contributed by atoms with Gasteiger partial charge in [0.05, 0.1) is 0 Å². The zero-order valence-electron chi connectivity index (χ0n) is 10.5. The highest BCUT2D eigenvalue weighted by Gasteiger charge is 2.22. The molecular weight excluding hydrogens is 269 g/mol. The molecule has 3 N–H and O–H groups in total. The van der Waals surface area contributed by atoms with Crippen molar-refractivity contribution < 1.29 is 23.8 Å². The summed E-state index contributed by atoms with van der Waals surface area (Å²) in [6.45, 7) is 0.996. The molecule has 7 heteroatoms. The number of Topliss-reactive ketones (excluding diaryl/α,β-unsaturated/α-hetero) is 1. The van der Waals surface area contributed by atoms with Gasteiger partial charge < -0.3 is 15.4 Å². The number of rotatable bonds is 7. The Bertz CT molecular complexity index is 502. The van der Waals surface area contributed by atoms with E-state index in [0.29, 0.717) is 5.30 Å². The van der Waals surface area contributed by atoms with E-state index in [1.165, 1.54) is 6.66 Å². The summed E-state index contributed by atoms with van der Waals surface area (Å²) in [5.41, 5.74) is 5.22. The number of carboxylic acids is 1. The van der Waals surface area contributed by atoms with Gasteiger partial charge in [0.15, 0.2) is 5.78 Å². The molecule has 0 amide bonds. The van der Waals surface area contributed by atoms with Crippen molar-refractivity contribution in [2.75, 3.05) is 13.3 Å². The largest absolute Gasteiger partial charge is 0.480 e. The molecule has 0 spiro atoms. The summed E-state index contributed by atoms with van der Waals surface area (Å²) in [5, 5.41) is 9.07. The van der Waals surface area contributed by atoms with Gasteiger partial charge in [-0.1, -0.05) is 18.2 Å². The van der Waals surface area contributed by atoms with Gasteiger partial charge in [-0.05, 0) is 12.1 Å². The van der Waals surface area contributed by atoms with Crippen molar-refractivity contribution >= 4 is 24.4 Å². The van der Waals surface area contributed by atoms with Crippen molar-refractivity contribution in [1.82, 2.24) is 0 Å². The number of carboxylic acid groups (broad SMARTS) is 1. The molecule has 0 aromatic heterocycles. The summed E-state index contributed by atoms with van der Waals surface area (Å²) >= 11 is 0. The number of benzene rings is 1. The number of hydrogen-bond acceptors (Lipinski definition) is 5. The molecule has 2 atom stereocenters. The zero-order chi connectivity index (χ0) is 14.5. The SMILES string of the molecule is CP(=O)(OCC(=O)CC(N)C(=O)O)c1ccccc1. The van der Waals surface area contributed by atoms with Crippen molar-refractivity contribution in [2.45, 2.75) is 12.5 Å². The molecule has 0 fully saturated rings. The lowest BCUT2D eigenvalue weighted by Crippen LogP contribution is -2.33. The van der Waals surface area contributed by atoms with E-state index in [2.05, 4.69) is 0 Å². The van der Waals surface area contributed by atoms with Gasteiger partial charge in [-0.25, -0.2) is 0 Å². The van der Waals surface area contributed by atoms with Gasteiger partial charge in [-0.3, -0.25) is 14.2 Å². The van der Waals surface area contributed by atoms with E-state index >= 15 is 0 Å². The van der Waals surface area contributed by atoms with E-state index < -0.39 is 31.8 Å². The first-order valence-corrected chi connectivity index (χ1v) is 7.68. The highest BCUT2D eigenvalue weighted by molar-refractivity contribution is 7.66. The molecule has 1 aromatic rings. The molecule has 0 aliphatic heterocycles. The summed E-state index contributed by atoms with van der Waals surface area (Å²) in [7, 11) is -3.07. The lowest BCUT2D eigenvalue weighted by atomic mass is 10.1. The van der Waals surface area contributed by atoms with Crippen LogP contribution in [0, 0.1) is 0 Å². The lowest BCUT2D eigenvalue weighted by molar-refractivity contribution is -0.140. The second kappa shape index (κ2) is 6.61. The Morgan fingerprint density at radius 1 is 1.37 bits per heavy atom. The molecule has 2 unspecified atom stereocenters. The molecule has 19 heavy (non-hydrogen) atoms. The summed E-state index contributed by atoms with van der Waals surface area (Å²) in [5.74, 6) is -1.75. The van der Waals surface area contributed by atoms with Crippen molar-refractivity contribution in [2.24, 2.45) is 5.73 Å². The maximum atomic E-state index is 12.2. The third-order valence-electron chi connectivity index (χ3n) is 2.46. The Kier molecular flexibility index (Phi) is 5.42. The van der Waals surface area contributed by atoms with Crippen molar-refractivity contribution in [3.8, 4) is 0 Å². The second-order valence-corrected chi connectivity index (χ2v) is 6.61. The average Bonchev–Trinajstić information content (AvgIpc) is 2.37. The fraction of sp³-hybridized carbons (Fsp3) is 0.333. The molecule has 0 bridgehead atoms. The smallest absolute Gasteiger partial charge is 0.320 e. The van der Waals surface area contributed by atoms with Gasteiger partial charge in [0, 0.05) is 18.4 Å². The van der Waals surface area contributed by atoms with Gasteiger partial charge >= 0.3 is 5.97 Å². The summed E-state index contributed by atoms with van der Waals surface area (Å²) < 4.78 is 17.3. The number of aliphatic carboxylic acids is 1. The highest BCUT2D eigenvalue weighted by atomic mass is 31.2. The van der Waals surface area contributed by atoms with Crippen LogP contribution < -0.4 is 11.0 Å². The Labute approximate surface area is 111 Å². The van der Waals surface area contributed by atoms with Gasteiger partial charge in [-0.2, -0.15) is 0 Å². The number of hydrogen-bond donors (Lipinski definition) is 2. The minimum atomic E-state index is -3.07. The Morgan fingerprint density at radius 3 is 2.47 bits per heavy atom. The normalized spacial score (nSPS) is 15.5. The molecule has 0 heterocycles. The third-order valence-corrected chi connectivity index (χ3v) is 4.32. The summed E-state index contributed by atoms with van der Waals surface area (Å²) in [6.07, 6.45) is -0.343. The fourth-order valence-electron chi connectivity index (χ4n) is 1.36. The standard InChI is InChI=1S/C12H16NO5P/c1-19(17,10-5-3-2-4-6-10)18-8-9(14)7-11(13)12(15)16/h2-6,11H,7-8,13H2,1H3,(H,15,16). The molecule has 0 radical (unpaired) electrons. The fourth-order valence-corrected chi connectivity index (χ4v) is 2.61. The van der Waals surface area contributed by atoms with Gasteiger partial charge in [0.2, 0.25) is 7.37 Å². The molecule has 1 aromatic carbocycles. The topological polar surface area (TPSA) is 107 Å². The number of ketones is 1. The molecule has 0 saturated heterocycles. The predicted molar refractivity (Wildman–Crippen MR) is 70.8 cm³/mol. The van der Waals surface area contributed by atoms with Crippen LogP contribution in [0.15, 0.2) is 30.3 Å². The first-order chi connectivity index (χ1) is 8.83. The molecule has 1 rings (SSSR count). The van der Waals surface area contributed by atoms with E-state index in [0.717, 1.165) is 0 Å². The van der Waals surface area contributed by atoms with Crippen LogP contribution in [0.5, 0.6) is 0 Å². The van der Waals surface area contributed by atoms with Crippen LogP contribution in [0.3, 0.4) is 0 Å². The van der Waals surface area contributed by atoms with Crippen LogP contribution in [0.25, 0.3) is 0 Å². The van der Waals surface area contributed by atoms with Crippen LogP contribution in [-0.4, -0.2) is 36.2 Å². The molecule has 0 aliphatic carbocycles. The molecule has 104 valence electrons. The van der Waals surface area contributed by atoms with Crippen molar-refractivity contribution in [3.05, 3.63) is 30.3 Å². The average molecular weight is 285 g/mol. The third kappa shape index (κ3) is 4.95. The van der Waals surface area contributed by atoms with E-state index in [1.54, 1.807) is 30.3 Å². The van der Waals surface area contributed by atoms with E-state index in [-0.39, 0.29) is 6.42 Å². The van der Waals surface area contributed by atoms with Gasteiger partial charge in [0.1, 0.15) is 12.6 Å². The first-order valence-electron chi connectivity index (χ1n) is 5.60. The van der Waals surface area contributed by atoms with Crippen LogP contribution in [-0.2, 0) is 18.7 Å². The van der Waals surface area contributed by atoms with Crippen molar-refractivity contribution in [1.29, 1.82) is 0 Å². The van der Waals surface area contributed by atoms with E-state index in [1.807, 2.05) is 0 Å². The van der Waals surface area contributed by atoms with Crippen molar-refractivity contribution in [3.63, 3.8) is 0 Å². The monoisotopic (exact) mass is 285 g/mol. The van der Waals surface area contributed by atoms with E-state index in [4.69, 9.17) is 15.4 Å². The Morgan fingerprint density at radius 2 is 1.95 bits per heavy atom. The van der Waals surface area contributed by atoms with Gasteiger partial charge in [-0.15, -0.1) is 0 Å². The zero-order valence-corrected chi connectivity index (χ0v) is 11.4. The van der Waals surface area contributed by atoms with Crippen LogP contribution in [0.2, 0.25) is 0 Å². The summed E-state index contributed by atoms with van der Waals surface area (Å²) in [4.78, 5) is 21.9. The Balaban J connectivity index is 2.55. The highest BCUT2D eigenvalue weighted by Crippen LogP contribution is 2.40. The number of nitrogens with two attached hydrogens (primary N) is 1. The Hall–Kier alpha value is -1.49. The second-order valence-electron chi connectivity index (χ2n) is 4.14. The minimum Gasteiger partial charge on any atom is -0.480 e. The number of carbonyl (C=O) groups is 2. The maximum absolute atomic E-state index is 12.2. The lowest BCUT2D eigenvalue weighted by Gasteiger charge is -2.14. The summed E-state index contributed by atoms with van der Waals surface area (Å²) in [6, 6.07) is 7.25. The number of carbonyl (C=O) groups excluding carboxylic acids is 1. The van der Waals surface area contributed by atoms with Crippen LogP contribution in [0.1, 0.15) is 6.42 Å². The molecule has 0 aliphatic rings. The quantitative estimate of drug-likeness (QED) is 0.711. The minimum absolute atomic E-state index is 0.343. The van der Waals surface area contributed by atoms with E-state index in [9.17, 15) is 14.2 Å². The van der Waals surface area contributed by atoms with Crippen LogP contribution in [0.4, 0.5) is 0 Å². The van der Waals surface area contributed by atoms with Gasteiger partial charge in [0.25, 0.3) is 0 Å². The molecular formula is C12H16NO5P. The maximum Gasteiger partial charge on any atom is 0.320 e. The molecule has 6 nitrogen and oxygen atoms in total. The molecule has 0 saturated carbocycles. The predicted octanol–water partition coefficient (Wildman–Crippen LogP) is 0.608. The first kappa shape index (κ1) is 15.6.